The Kier molecular flexibility index (Phi) is 4.06. The Morgan fingerprint density at radius 2 is 1.78 bits per heavy atom. The van der Waals surface area contributed by atoms with Crippen LogP contribution in [0.1, 0.15) is 24.2 Å². The summed E-state index contributed by atoms with van der Waals surface area (Å²) in [5.41, 5.74) is -1.35. The first-order valence-electron chi connectivity index (χ1n) is 5.54. The fourth-order valence-electron chi connectivity index (χ4n) is 1.29. The molecule has 0 aliphatic rings. The van der Waals surface area contributed by atoms with Crippen LogP contribution in [0.3, 0.4) is 0 Å². The maximum absolute atomic E-state index is 13.5. The summed E-state index contributed by atoms with van der Waals surface area (Å²) in [4.78, 5) is 24.8. The highest BCUT2D eigenvalue weighted by molar-refractivity contribution is 6.05. The molecule has 0 unspecified atom stereocenters. The van der Waals surface area contributed by atoms with Gasteiger partial charge in [0.05, 0.1) is 11.3 Å². The Labute approximate surface area is 106 Å². The molecule has 0 spiro atoms. The highest BCUT2D eigenvalue weighted by Gasteiger charge is 2.27. The maximum Gasteiger partial charge on any atom is 0.261 e. The summed E-state index contributed by atoms with van der Waals surface area (Å²) in [6.45, 7) is 2.33. The third-order valence-electron chi connectivity index (χ3n) is 2.35. The maximum atomic E-state index is 13.5. The van der Waals surface area contributed by atoms with Crippen molar-refractivity contribution in [1.82, 2.24) is 4.90 Å². The second-order valence-electron chi connectivity index (χ2n) is 4.67. The zero-order valence-corrected chi connectivity index (χ0v) is 11.0. The summed E-state index contributed by atoms with van der Waals surface area (Å²) >= 11 is 0. The lowest BCUT2D eigenvalue weighted by Gasteiger charge is -2.17. The van der Waals surface area contributed by atoms with E-state index in [9.17, 15) is 14.0 Å². The number of amides is 2. The van der Waals surface area contributed by atoms with Crippen molar-refractivity contribution in [3.63, 3.8) is 0 Å². The number of rotatable bonds is 3. The van der Waals surface area contributed by atoms with E-state index >= 15 is 0 Å². The first-order valence-corrected chi connectivity index (χ1v) is 5.54. The van der Waals surface area contributed by atoms with Gasteiger partial charge in [0, 0.05) is 14.1 Å². The minimum Gasteiger partial charge on any atom is -0.345 e. The van der Waals surface area contributed by atoms with Gasteiger partial charge in [0.15, 0.2) is 5.67 Å². The molecule has 0 aromatic heterocycles. The van der Waals surface area contributed by atoms with Gasteiger partial charge in [-0.2, -0.15) is 0 Å². The monoisotopic (exact) mass is 252 g/mol. The van der Waals surface area contributed by atoms with E-state index in [2.05, 4.69) is 5.32 Å². The minimum absolute atomic E-state index is 0.248. The average molecular weight is 252 g/mol. The molecule has 1 N–H and O–H groups in total. The molecular formula is C13H17FN2O2. The van der Waals surface area contributed by atoms with Gasteiger partial charge in [0.1, 0.15) is 0 Å². The van der Waals surface area contributed by atoms with Crippen molar-refractivity contribution in [3.05, 3.63) is 29.8 Å². The molecule has 2 amide bonds. The van der Waals surface area contributed by atoms with Crippen LogP contribution in [-0.4, -0.2) is 36.5 Å². The summed E-state index contributed by atoms with van der Waals surface area (Å²) in [5, 5.41) is 2.42. The first kappa shape index (κ1) is 14.2. The summed E-state index contributed by atoms with van der Waals surface area (Å²) in [6.07, 6.45) is 0. The first-order chi connectivity index (χ1) is 8.23. The van der Waals surface area contributed by atoms with Crippen LogP contribution < -0.4 is 5.32 Å². The molecule has 0 saturated carbocycles. The van der Waals surface area contributed by atoms with Gasteiger partial charge in [-0.25, -0.2) is 4.39 Å². The van der Waals surface area contributed by atoms with Gasteiger partial charge in [0.25, 0.3) is 11.8 Å². The standard InChI is InChI=1S/C13H17FN2O2/c1-13(2,14)12(18)15-10-8-6-5-7-9(10)11(17)16(3)4/h5-8H,1-4H3,(H,15,18). The van der Waals surface area contributed by atoms with Crippen LogP contribution >= 0.6 is 0 Å². The van der Waals surface area contributed by atoms with Crippen molar-refractivity contribution in [3.8, 4) is 0 Å². The van der Waals surface area contributed by atoms with Crippen LogP contribution in [0.5, 0.6) is 0 Å². The molecule has 5 heteroatoms. The Morgan fingerprint density at radius 3 is 2.28 bits per heavy atom. The number of halogens is 1. The van der Waals surface area contributed by atoms with Gasteiger partial charge in [-0.15, -0.1) is 0 Å². The van der Waals surface area contributed by atoms with E-state index in [4.69, 9.17) is 0 Å². The van der Waals surface area contributed by atoms with E-state index in [0.717, 1.165) is 0 Å². The van der Waals surface area contributed by atoms with Crippen molar-refractivity contribution in [2.75, 3.05) is 19.4 Å². The number of carbonyl (C=O) groups is 2. The average Bonchev–Trinajstić information content (AvgIpc) is 2.27. The highest BCUT2D eigenvalue weighted by Crippen LogP contribution is 2.19. The van der Waals surface area contributed by atoms with Crippen molar-refractivity contribution < 1.29 is 14.0 Å². The number of anilines is 1. The van der Waals surface area contributed by atoms with Gasteiger partial charge in [-0.05, 0) is 26.0 Å². The lowest BCUT2D eigenvalue weighted by molar-refractivity contribution is -0.125. The summed E-state index contributed by atoms with van der Waals surface area (Å²) < 4.78 is 13.5. The zero-order valence-electron chi connectivity index (χ0n) is 11.0. The summed E-state index contributed by atoms with van der Waals surface area (Å²) in [7, 11) is 3.22. The molecule has 0 fully saturated rings. The van der Waals surface area contributed by atoms with E-state index in [1.807, 2.05) is 0 Å². The number of alkyl halides is 1. The molecule has 1 aromatic rings. The number of hydrogen-bond acceptors (Lipinski definition) is 2. The van der Waals surface area contributed by atoms with E-state index in [1.54, 1.807) is 38.4 Å². The van der Waals surface area contributed by atoms with Crippen LogP contribution in [0, 0.1) is 0 Å². The van der Waals surface area contributed by atoms with Crippen LogP contribution in [0.2, 0.25) is 0 Å². The van der Waals surface area contributed by atoms with Gasteiger partial charge < -0.3 is 10.2 Å². The smallest absolute Gasteiger partial charge is 0.261 e. The molecule has 0 aliphatic carbocycles. The predicted octanol–water partition coefficient (Wildman–Crippen LogP) is 2.07. The van der Waals surface area contributed by atoms with E-state index in [1.165, 1.54) is 18.7 Å². The van der Waals surface area contributed by atoms with E-state index < -0.39 is 11.6 Å². The van der Waals surface area contributed by atoms with Crippen LogP contribution in [0.15, 0.2) is 24.3 Å². The van der Waals surface area contributed by atoms with Gasteiger partial charge in [-0.3, -0.25) is 9.59 Å². The second kappa shape index (κ2) is 5.16. The topological polar surface area (TPSA) is 49.4 Å². The number of nitrogens with one attached hydrogen (secondary N) is 1. The second-order valence-corrected chi connectivity index (χ2v) is 4.67. The normalized spacial score (nSPS) is 10.9. The number of nitrogens with zero attached hydrogens (tertiary/aromatic N) is 1. The SMILES string of the molecule is CN(C)C(=O)c1ccccc1NC(=O)C(C)(C)F. The molecule has 18 heavy (non-hydrogen) atoms. The highest BCUT2D eigenvalue weighted by atomic mass is 19.1. The molecule has 1 aromatic carbocycles. The van der Waals surface area contributed by atoms with Gasteiger partial charge in [0.2, 0.25) is 0 Å². The summed E-state index contributed by atoms with van der Waals surface area (Å²) in [6, 6.07) is 6.52. The van der Waals surface area contributed by atoms with E-state index in [-0.39, 0.29) is 5.91 Å². The van der Waals surface area contributed by atoms with Crippen molar-refractivity contribution in [1.29, 1.82) is 0 Å². The van der Waals surface area contributed by atoms with Crippen molar-refractivity contribution >= 4 is 17.5 Å². The molecule has 98 valence electrons. The minimum atomic E-state index is -1.99. The lowest BCUT2D eigenvalue weighted by Crippen LogP contribution is -2.33. The van der Waals surface area contributed by atoms with Gasteiger partial charge >= 0.3 is 0 Å². The Bertz CT molecular complexity index is 464. The Balaban J connectivity index is 3.04. The number of para-hydroxylation sites is 1. The third kappa shape index (κ3) is 3.29. The van der Waals surface area contributed by atoms with Crippen molar-refractivity contribution in [2.24, 2.45) is 0 Å². The molecule has 0 atom stereocenters. The van der Waals surface area contributed by atoms with Crippen molar-refractivity contribution in [2.45, 2.75) is 19.5 Å². The summed E-state index contributed by atoms with van der Waals surface area (Å²) in [5.74, 6) is -1.02. The Hall–Kier alpha value is -1.91. The van der Waals surface area contributed by atoms with Gasteiger partial charge in [-0.1, -0.05) is 12.1 Å². The quantitative estimate of drug-likeness (QED) is 0.895. The number of hydrogen-bond donors (Lipinski definition) is 1. The van der Waals surface area contributed by atoms with Crippen LogP contribution in [0.25, 0.3) is 0 Å². The molecule has 0 radical (unpaired) electrons. The van der Waals surface area contributed by atoms with Crippen LogP contribution in [-0.2, 0) is 4.79 Å². The Morgan fingerprint density at radius 1 is 1.22 bits per heavy atom. The number of benzene rings is 1. The lowest BCUT2D eigenvalue weighted by atomic mass is 10.1. The molecule has 0 bridgehead atoms. The number of carbonyl (C=O) groups excluding carboxylic acids is 2. The van der Waals surface area contributed by atoms with Crippen LogP contribution in [0.4, 0.5) is 10.1 Å². The zero-order chi connectivity index (χ0) is 13.9. The molecule has 0 aliphatic heterocycles. The third-order valence-corrected chi connectivity index (χ3v) is 2.35. The molecule has 0 saturated heterocycles. The molecular weight excluding hydrogens is 235 g/mol. The molecule has 1 rings (SSSR count). The fraction of sp³-hybridized carbons (Fsp3) is 0.385. The predicted molar refractivity (Wildman–Crippen MR) is 68.3 cm³/mol. The largest absolute Gasteiger partial charge is 0.345 e. The van der Waals surface area contributed by atoms with E-state index in [0.29, 0.717) is 11.3 Å². The molecule has 0 heterocycles. The fourth-order valence-corrected chi connectivity index (χ4v) is 1.29. The molecule has 4 nitrogen and oxygen atoms in total.